The van der Waals surface area contributed by atoms with Gasteiger partial charge in [-0.1, -0.05) is 29.1 Å². The number of nitrogens with zero attached hydrogens (tertiary/aromatic N) is 3. The highest BCUT2D eigenvalue weighted by Crippen LogP contribution is 2.38. The van der Waals surface area contributed by atoms with E-state index in [0.29, 0.717) is 0 Å². The molecule has 0 radical (unpaired) electrons. The van der Waals surface area contributed by atoms with E-state index in [-0.39, 0.29) is 21.3 Å². The van der Waals surface area contributed by atoms with E-state index in [4.69, 9.17) is 41.1 Å². The second-order valence-electron chi connectivity index (χ2n) is 5.08. The van der Waals surface area contributed by atoms with Gasteiger partial charge in [0.15, 0.2) is 5.69 Å². The van der Waals surface area contributed by atoms with Crippen molar-refractivity contribution in [3.05, 3.63) is 44.8 Å². The fourth-order valence-electron chi connectivity index (χ4n) is 1.99. The van der Waals surface area contributed by atoms with Gasteiger partial charge in [-0.3, -0.25) is 0 Å². The standard InChI is InChI=1S/C15H7Cl2F6N5/c1-2-5-3-6(16)9(7(17)4-5)26-11(24)8-10(14(18,19)20)27-13(15(21,22)23)28-12(8)25/h1,3-4H,(H2,24,26)(H2,25,27,28). The van der Waals surface area contributed by atoms with E-state index < -0.39 is 41.1 Å². The van der Waals surface area contributed by atoms with Crippen molar-refractivity contribution >= 4 is 40.5 Å². The van der Waals surface area contributed by atoms with E-state index >= 15 is 0 Å². The fraction of sp³-hybridized carbons (Fsp3) is 0.133. The smallest absolute Gasteiger partial charge is 0.383 e. The molecule has 5 nitrogen and oxygen atoms in total. The Kier molecular flexibility index (Phi) is 5.68. The second kappa shape index (κ2) is 7.37. The Hall–Kier alpha value is -2.71. The maximum absolute atomic E-state index is 13.3. The first kappa shape index (κ1) is 21.6. The van der Waals surface area contributed by atoms with Gasteiger partial charge in [-0.2, -0.15) is 26.3 Å². The Bertz CT molecular complexity index is 985. The summed E-state index contributed by atoms with van der Waals surface area (Å²) in [6.07, 6.45) is -5.42. The molecule has 0 amide bonds. The first-order valence-corrected chi connectivity index (χ1v) is 7.63. The number of aromatic nitrogens is 2. The van der Waals surface area contributed by atoms with Crippen molar-refractivity contribution in [3.63, 3.8) is 0 Å². The molecule has 28 heavy (non-hydrogen) atoms. The number of amidine groups is 1. The van der Waals surface area contributed by atoms with E-state index in [1.165, 1.54) is 12.1 Å². The number of halogens is 8. The third-order valence-electron chi connectivity index (χ3n) is 3.13. The molecular formula is C15H7Cl2F6N5. The van der Waals surface area contributed by atoms with Crippen molar-refractivity contribution in [1.29, 1.82) is 0 Å². The molecule has 1 aromatic carbocycles. The molecule has 2 aromatic rings. The first-order chi connectivity index (χ1) is 12.8. The quantitative estimate of drug-likeness (QED) is 0.312. The summed E-state index contributed by atoms with van der Waals surface area (Å²) in [5.41, 5.74) is 7.65. The molecule has 148 valence electrons. The zero-order valence-electron chi connectivity index (χ0n) is 13.3. The number of aliphatic imine (C=N–C) groups is 1. The zero-order chi connectivity index (χ0) is 21.4. The van der Waals surface area contributed by atoms with Crippen LogP contribution in [0.2, 0.25) is 10.0 Å². The minimum absolute atomic E-state index is 0.164. The number of hydrogen-bond acceptors (Lipinski definition) is 4. The molecule has 2 rings (SSSR count). The zero-order valence-corrected chi connectivity index (χ0v) is 14.8. The number of alkyl halides is 6. The second-order valence-corrected chi connectivity index (χ2v) is 5.90. The van der Waals surface area contributed by atoms with Crippen LogP contribution in [0.4, 0.5) is 37.8 Å². The molecule has 0 aliphatic carbocycles. The molecule has 0 saturated carbocycles. The number of anilines is 1. The van der Waals surface area contributed by atoms with Crippen molar-refractivity contribution < 1.29 is 26.3 Å². The van der Waals surface area contributed by atoms with Gasteiger partial charge in [-0.05, 0) is 12.1 Å². The molecule has 0 aliphatic heterocycles. The van der Waals surface area contributed by atoms with Gasteiger partial charge < -0.3 is 11.5 Å². The Balaban J connectivity index is 2.74. The molecule has 0 aliphatic rings. The van der Waals surface area contributed by atoms with Crippen molar-refractivity contribution in [2.24, 2.45) is 10.7 Å². The summed E-state index contributed by atoms with van der Waals surface area (Å²) in [4.78, 5) is 9.01. The first-order valence-electron chi connectivity index (χ1n) is 6.87. The summed E-state index contributed by atoms with van der Waals surface area (Å²) in [6.45, 7) is 0. The maximum atomic E-state index is 13.3. The minimum Gasteiger partial charge on any atom is -0.383 e. The van der Waals surface area contributed by atoms with Crippen LogP contribution in [0.25, 0.3) is 0 Å². The monoisotopic (exact) mass is 441 g/mol. The molecule has 0 saturated heterocycles. The number of nitrogen functional groups attached to an aromatic ring is 1. The van der Waals surface area contributed by atoms with Gasteiger partial charge in [0, 0.05) is 5.56 Å². The molecule has 1 aromatic heterocycles. The summed E-state index contributed by atoms with van der Waals surface area (Å²) in [7, 11) is 0. The van der Waals surface area contributed by atoms with Crippen LogP contribution >= 0.6 is 23.2 Å². The average molecular weight is 442 g/mol. The molecule has 0 atom stereocenters. The number of hydrogen-bond donors (Lipinski definition) is 2. The van der Waals surface area contributed by atoms with Gasteiger partial charge in [0.25, 0.3) is 0 Å². The highest BCUT2D eigenvalue weighted by Gasteiger charge is 2.43. The maximum Gasteiger partial charge on any atom is 0.451 e. The van der Waals surface area contributed by atoms with Crippen molar-refractivity contribution in [2.75, 3.05) is 5.73 Å². The lowest BCUT2D eigenvalue weighted by Gasteiger charge is -2.16. The molecule has 13 heteroatoms. The topological polar surface area (TPSA) is 90.2 Å². The normalized spacial score (nSPS) is 12.8. The number of terminal acetylenes is 1. The summed E-state index contributed by atoms with van der Waals surface area (Å²) in [5, 5.41) is -0.327. The Morgan fingerprint density at radius 3 is 2.00 bits per heavy atom. The Morgan fingerprint density at radius 2 is 1.57 bits per heavy atom. The molecule has 1 heterocycles. The van der Waals surface area contributed by atoms with E-state index in [1.54, 1.807) is 0 Å². The lowest BCUT2D eigenvalue weighted by Crippen LogP contribution is -2.27. The van der Waals surface area contributed by atoms with Crippen LogP contribution in [0.3, 0.4) is 0 Å². The average Bonchev–Trinajstić information content (AvgIpc) is 2.55. The van der Waals surface area contributed by atoms with Crippen LogP contribution in [0.1, 0.15) is 22.6 Å². The van der Waals surface area contributed by atoms with Crippen LogP contribution in [0.15, 0.2) is 17.1 Å². The van der Waals surface area contributed by atoms with Gasteiger partial charge in [0.05, 0.1) is 15.6 Å². The summed E-state index contributed by atoms with van der Waals surface area (Å²) in [5.74, 6) is -1.97. The van der Waals surface area contributed by atoms with Crippen LogP contribution in [-0.2, 0) is 12.4 Å². The number of nitrogens with two attached hydrogens (primary N) is 2. The predicted octanol–water partition coefficient (Wildman–Crippen LogP) is 4.42. The van der Waals surface area contributed by atoms with E-state index in [0.717, 1.165) is 0 Å². The largest absolute Gasteiger partial charge is 0.451 e. The van der Waals surface area contributed by atoms with Crippen LogP contribution in [0, 0.1) is 12.3 Å². The van der Waals surface area contributed by atoms with E-state index in [9.17, 15) is 26.3 Å². The van der Waals surface area contributed by atoms with Gasteiger partial charge in [0.2, 0.25) is 5.82 Å². The van der Waals surface area contributed by atoms with Crippen molar-refractivity contribution in [3.8, 4) is 12.3 Å². The number of rotatable bonds is 2. The van der Waals surface area contributed by atoms with Crippen LogP contribution in [-0.4, -0.2) is 15.8 Å². The highest BCUT2D eigenvalue weighted by molar-refractivity contribution is 6.39. The lowest BCUT2D eigenvalue weighted by molar-refractivity contribution is -0.152. The summed E-state index contributed by atoms with van der Waals surface area (Å²) in [6, 6.07) is 2.47. The summed E-state index contributed by atoms with van der Waals surface area (Å²) < 4.78 is 78.0. The Labute approximate surface area is 163 Å². The predicted molar refractivity (Wildman–Crippen MR) is 91.2 cm³/mol. The fourth-order valence-corrected chi connectivity index (χ4v) is 2.57. The minimum atomic E-state index is -5.34. The van der Waals surface area contributed by atoms with Gasteiger partial charge >= 0.3 is 12.4 Å². The van der Waals surface area contributed by atoms with E-state index in [2.05, 4.69) is 20.9 Å². The lowest BCUT2D eigenvalue weighted by atomic mass is 10.1. The van der Waals surface area contributed by atoms with Crippen LogP contribution in [0.5, 0.6) is 0 Å². The SMILES string of the molecule is C#Cc1cc(Cl)c(N=C(N)c2c(N)nc(C(F)(F)F)nc2C(F)(F)F)c(Cl)c1. The number of benzene rings is 1. The molecular weight excluding hydrogens is 435 g/mol. The van der Waals surface area contributed by atoms with Crippen molar-refractivity contribution in [1.82, 2.24) is 9.97 Å². The highest BCUT2D eigenvalue weighted by atomic mass is 35.5. The van der Waals surface area contributed by atoms with Crippen LogP contribution < -0.4 is 11.5 Å². The third kappa shape index (κ3) is 4.40. The van der Waals surface area contributed by atoms with Crippen molar-refractivity contribution in [2.45, 2.75) is 12.4 Å². The molecule has 0 unspecified atom stereocenters. The Morgan fingerprint density at radius 1 is 1.04 bits per heavy atom. The third-order valence-corrected chi connectivity index (χ3v) is 3.71. The van der Waals surface area contributed by atoms with Gasteiger partial charge in [-0.15, -0.1) is 6.42 Å². The molecule has 0 bridgehead atoms. The molecule has 0 spiro atoms. The van der Waals surface area contributed by atoms with Gasteiger partial charge in [-0.25, -0.2) is 15.0 Å². The summed E-state index contributed by atoms with van der Waals surface area (Å²) >= 11 is 11.8. The van der Waals surface area contributed by atoms with Gasteiger partial charge in [0.1, 0.15) is 17.3 Å². The molecule has 4 N–H and O–H groups in total. The molecule has 0 fully saturated rings. The van der Waals surface area contributed by atoms with E-state index in [1.807, 2.05) is 0 Å².